The number of carbonyl (C=O) groups excluding carboxylic acids is 1. The maximum Gasteiger partial charge on any atom is 0.164 e. The van der Waals surface area contributed by atoms with Gasteiger partial charge in [-0.2, -0.15) is 0 Å². The van der Waals surface area contributed by atoms with E-state index in [0.29, 0.717) is 12.2 Å². The molecule has 0 bridgehead atoms. The number of halogens is 1. The van der Waals surface area contributed by atoms with Gasteiger partial charge in [-0.15, -0.1) is 0 Å². The second kappa shape index (κ2) is 5.49. The van der Waals surface area contributed by atoms with Gasteiger partial charge in [0.1, 0.15) is 0 Å². The topological polar surface area (TPSA) is 22.0 Å². The molecule has 3 rings (SSSR count). The number of hydrogen-bond donors (Lipinski definition) is 0. The van der Waals surface area contributed by atoms with Gasteiger partial charge >= 0.3 is 0 Å². The summed E-state index contributed by atoms with van der Waals surface area (Å²) in [5, 5.41) is 0. The fraction of sp³-hybridized carbons (Fsp3) is 0.312. The number of aromatic nitrogens is 1. The number of rotatable bonds is 2. The first kappa shape index (κ1) is 12.9. The first-order chi connectivity index (χ1) is 9.22. The van der Waals surface area contributed by atoms with E-state index < -0.39 is 0 Å². The molecule has 1 aromatic carbocycles. The first-order valence-electron chi connectivity index (χ1n) is 6.69. The second-order valence-electron chi connectivity index (χ2n) is 5.13. The summed E-state index contributed by atoms with van der Waals surface area (Å²) in [5.41, 5.74) is 3.45. The Labute approximate surface area is 127 Å². The van der Waals surface area contributed by atoms with Gasteiger partial charge < -0.3 is 4.57 Å². The molecule has 0 saturated heterocycles. The minimum atomic E-state index is 0.314. The van der Waals surface area contributed by atoms with E-state index >= 15 is 0 Å². The van der Waals surface area contributed by atoms with Crippen molar-refractivity contribution >= 4 is 28.4 Å². The lowest BCUT2D eigenvalue weighted by Crippen LogP contribution is -1.99. The highest BCUT2D eigenvalue weighted by molar-refractivity contribution is 14.1. The van der Waals surface area contributed by atoms with Crippen LogP contribution in [-0.4, -0.2) is 10.4 Å². The van der Waals surface area contributed by atoms with Crippen LogP contribution < -0.4 is 0 Å². The van der Waals surface area contributed by atoms with Crippen molar-refractivity contribution < 1.29 is 4.79 Å². The number of fused-ring (bicyclic) bond motifs is 1. The van der Waals surface area contributed by atoms with Gasteiger partial charge in [0.15, 0.2) is 5.78 Å². The van der Waals surface area contributed by atoms with Gasteiger partial charge in [0.2, 0.25) is 0 Å². The molecule has 1 aromatic heterocycles. The Hall–Kier alpha value is -1.10. The number of nitrogens with zero attached hydrogens (tertiary/aromatic N) is 1. The molecule has 0 spiro atoms. The normalized spacial score (nSPS) is 15.1. The zero-order valence-electron chi connectivity index (χ0n) is 10.7. The van der Waals surface area contributed by atoms with Crippen LogP contribution in [0.3, 0.4) is 0 Å². The molecule has 0 radical (unpaired) electrons. The van der Waals surface area contributed by atoms with Crippen LogP contribution in [0.25, 0.3) is 0 Å². The van der Waals surface area contributed by atoms with Crippen LogP contribution >= 0.6 is 22.6 Å². The van der Waals surface area contributed by atoms with Crippen molar-refractivity contribution in [1.29, 1.82) is 0 Å². The molecule has 19 heavy (non-hydrogen) atoms. The fourth-order valence-electron chi connectivity index (χ4n) is 2.63. The van der Waals surface area contributed by atoms with Crippen LogP contribution in [0.1, 0.15) is 40.7 Å². The summed E-state index contributed by atoms with van der Waals surface area (Å²) in [6.45, 7) is 0.844. The van der Waals surface area contributed by atoms with Crippen molar-refractivity contribution in [3.63, 3.8) is 0 Å². The van der Waals surface area contributed by atoms with E-state index in [2.05, 4.69) is 57.6 Å². The largest absolute Gasteiger partial charge is 0.349 e. The first-order valence-corrected chi connectivity index (χ1v) is 7.76. The average Bonchev–Trinajstić information content (AvgIpc) is 2.72. The number of Topliss-reactive ketones (excluding diaryl/α,β-unsaturated/α-hetero) is 1. The highest BCUT2D eigenvalue weighted by Gasteiger charge is 2.17. The molecule has 0 unspecified atom stereocenters. The third-order valence-corrected chi connectivity index (χ3v) is 4.36. The Balaban J connectivity index is 1.84. The summed E-state index contributed by atoms with van der Waals surface area (Å²) in [7, 11) is 0. The highest BCUT2D eigenvalue weighted by Crippen LogP contribution is 2.22. The number of ketones is 1. The zero-order valence-corrected chi connectivity index (χ0v) is 12.9. The van der Waals surface area contributed by atoms with E-state index in [4.69, 9.17) is 0 Å². The molecule has 98 valence electrons. The van der Waals surface area contributed by atoms with Gasteiger partial charge in [-0.05, 0) is 65.1 Å². The van der Waals surface area contributed by atoms with Gasteiger partial charge in [-0.25, -0.2) is 0 Å². The third kappa shape index (κ3) is 2.91. The van der Waals surface area contributed by atoms with Crippen molar-refractivity contribution in [2.75, 3.05) is 0 Å². The molecule has 3 heteroatoms. The molecule has 0 N–H and O–H groups in total. The molecule has 2 aromatic rings. The van der Waals surface area contributed by atoms with Crippen molar-refractivity contribution in [2.45, 2.75) is 32.2 Å². The molecule has 0 aliphatic heterocycles. The Morgan fingerprint density at radius 1 is 1.05 bits per heavy atom. The fourth-order valence-corrected chi connectivity index (χ4v) is 2.99. The third-order valence-electron chi connectivity index (χ3n) is 3.64. The minimum Gasteiger partial charge on any atom is -0.349 e. The maximum absolute atomic E-state index is 12.0. The molecule has 0 fully saturated rings. The number of aryl methyl sites for hydroxylation is 1. The Kier molecular flexibility index (Phi) is 3.73. The van der Waals surface area contributed by atoms with E-state index in [-0.39, 0.29) is 0 Å². The zero-order chi connectivity index (χ0) is 13.2. The van der Waals surface area contributed by atoms with Gasteiger partial charge in [-0.3, -0.25) is 4.79 Å². The van der Waals surface area contributed by atoms with Crippen LogP contribution in [0.2, 0.25) is 0 Å². The van der Waals surface area contributed by atoms with Crippen LogP contribution in [0.5, 0.6) is 0 Å². The number of carbonyl (C=O) groups is 1. The number of benzene rings is 1. The monoisotopic (exact) mass is 365 g/mol. The average molecular weight is 365 g/mol. The summed E-state index contributed by atoms with van der Waals surface area (Å²) in [6, 6.07) is 8.54. The predicted octanol–water partition coefficient (Wildman–Crippen LogP) is 4.05. The van der Waals surface area contributed by atoms with Crippen LogP contribution in [0.4, 0.5) is 0 Å². The molecule has 1 heterocycles. The molecule has 0 atom stereocenters. The summed E-state index contributed by atoms with van der Waals surface area (Å²) < 4.78 is 3.40. The van der Waals surface area contributed by atoms with Crippen molar-refractivity contribution in [3.05, 3.63) is 56.9 Å². The van der Waals surface area contributed by atoms with E-state index in [9.17, 15) is 4.79 Å². The molecule has 1 aliphatic carbocycles. The lowest BCUT2D eigenvalue weighted by molar-refractivity contribution is 0.0982. The standard InChI is InChI=1S/C16H16INO/c17-14-7-5-12(6-8-14)9-18-10-13-3-1-2-4-16(19)15(13)11-18/h5-8,10-11H,1-4,9H2. The van der Waals surface area contributed by atoms with Crippen LogP contribution in [0.15, 0.2) is 36.7 Å². The van der Waals surface area contributed by atoms with E-state index in [1.165, 1.54) is 14.7 Å². The van der Waals surface area contributed by atoms with Crippen LogP contribution in [0, 0.1) is 3.57 Å². The van der Waals surface area contributed by atoms with Crippen molar-refractivity contribution in [1.82, 2.24) is 4.57 Å². The molecule has 1 aliphatic rings. The van der Waals surface area contributed by atoms with E-state index in [0.717, 1.165) is 31.4 Å². The summed E-state index contributed by atoms with van der Waals surface area (Å²) in [5.74, 6) is 0.314. The Morgan fingerprint density at radius 2 is 1.79 bits per heavy atom. The maximum atomic E-state index is 12.0. The smallest absolute Gasteiger partial charge is 0.164 e. The van der Waals surface area contributed by atoms with Crippen molar-refractivity contribution in [3.8, 4) is 0 Å². The number of hydrogen-bond acceptors (Lipinski definition) is 1. The summed E-state index contributed by atoms with van der Waals surface area (Å²) >= 11 is 2.31. The highest BCUT2D eigenvalue weighted by atomic mass is 127. The SMILES string of the molecule is O=C1CCCCc2cn(Cc3ccc(I)cc3)cc21. The summed E-state index contributed by atoms with van der Waals surface area (Å²) in [6.07, 6.45) is 8.09. The minimum absolute atomic E-state index is 0.314. The Bertz CT molecular complexity index is 598. The lowest BCUT2D eigenvalue weighted by Gasteiger charge is -2.03. The van der Waals surface area contributed by atoms with Crippen LogP contribution in [-0.2, 0) is 13.0 Å². The summed E-state index contributed by atoms with van der Waals surface area (Å²) in [4.78, 5) is 12.0. The van der Waals surface area contributed by atoms with Gasteiger partial charge in [-0.1, -0.05) is 12.1 Å². The van der Waals surface area contributed by atoms with Crippen molar-refractivity contribution in [2.24, 2.45) is 0 Å². The molecular formula is C16H16INO. The van der Waals surface area contributed by atoms with Gasteiger partial charge in [0, 0.05) is 34.5 Å². The predicted molar refractivity (Wildman–Crippen MR) is 84.6 cm³/mol. The quantitative estimate of drug-likeness (QED) is 0.581. The van der Waals surface area contributed by atoms with E-state index in [1.807, 2.05) is 6.20 Å². The second-order valence-corrected chi connectivity index (χ2v) is 6.37. The molecular weight excluding hydrogens is 349 g/mol. The Morgan fingerprint density at radius 3 is 2.58 bits per heavy atom. The molecule has 0 amide bonds. The molecule has 2 nitrogen and oxygen atoms in total. The lowest BCUT2D eigenvalue weighted by atomic mass is 10.1. The van der Waals surface area contributed by atoms with Gasteiger partial charge in [0.25, 0.3) is 0 Å². The van der Waals surface area contributed by atoms with E-state index in [1.54, 1.807) is 0 Å². The molecule has 0 saturated carbocycles. The van der Waals surface area contributed by atoms with Gasteiger partial charge in [0.05, 0.1) is 0 Å².